The van der Waals surface area contributed by atoms with Crippen molar-refractivity contribution in [3.63, 3.8) is 0 Å². The zero-order valence-electron chi connectivity index (χ0n) is 12.3. The molecule has 0 saturated carbocycles. The maximum Gasteiger partial charge on any atom is 0.295 e. The monoisotopic (exact) mass is 302 g/mol. The minimum atomic E-state index is -4.23. The summed E-state index contributed by atoms with van der Waals surface area (Å²) in [5, 5.41) is 0. The van der Waals surface area contributed by atoms with Crippen molar-refractivity contribution in [3.8, 4) is 0 Å². The van der Waals surface area contributed by atoms with Crippen molar-refractivity contribution in [1.29, 1.82) is 0 Å². The van der Waals surface area contributed by atoms with Crippen LogP contribution >= 0.6 is 0 Å². The molecule has 1 N–H and O–H groups in total. The molecule has 0 aliphatic carbocycles. The molecule has 0 saturated heterocycles. The average Bonchev–Trinajstić information content (AvgIpc) is 2.38. The van der Waals surface area contributed by atoms with Gasteiger partial charge in [-0.25, -0.2) is 0 Å². The third kappa shape index (κ3) is 3.80. The third-order valence-electron chi connectivity index (χ3n) is 3.31. The molecular weight excluding hydrogens is 284 g/mol. The van der Waals surface area contributed by atoms with E-state index in [0.29, 0.717) is 5.56 Å². The van der Waals surface area contributed by atoms with Gasteiger partial charge in [0.15, 0.2) is 0 Å². The Hall–Kier alpha value is -1.91. The van der Waals surface area contributed by atoms with E-state index in [1.54, 1.807) is 19.1 Å². The standard InChI is InChI=1S/C17H18O3S/c1-12-4-6-15(14(3)10-12)8-9-16-7-5-13(2)11-17(16)21(18,19)20/h4-11H,1-3H3,(H,18,19,20)/b9-8+. The lowest BCUT2D eigenvalue weighted by molar-refractivity contribution is 0.483. The van der Waals surface area contributed by atoms with Crippen molar-refractivity contribution < 1.29 is 13.0 Å². The number of hydrogen-bond donors (Lipinski definition) is 1. The molecule has 0 spiro atoms. The van der Waals surface area contributed by atoms with Crippen LogP contribution in [0.2, 0.25) is 0 Å². The van der Waals surface area contributed by atoms with E-state index in [9.17, 15) is 13.0 Å². The van der Waals surface area contributed by atoms with Crippen LogP contribution in [0.25, 0.3) is 12.2 Å². The van der Waals surface area contributed by atoms with Gasteiger partial charge in [0.1, 0.15) is 4.90 Å². The molecular formula is C17H18O3S. The second kappa shape index (κ2) is 5.84. The summed E-state index contributed by atoms with van der Waals surface area (Å²) in [5.41, 5.74) is 4.57. The maximum absolute atomic E-state index is 11.5. The second-order valence-corrected chi connectivity index (χ2v) is 6.60. The molecule has 110 valence electrons. The Bertz CT molecular complexity index is 803. The van der Waals surface area contributed by atoms with Gasteiger partial charge in [-0.2, -0.15) is 8.42 Å². The van der Waals surface area contributed by atoms with E-state index < -0.39 is 10.1 Å². The first-order valence-electron chi connectivity index (χ1n) is 6.61. The van der Waals surface area contributed by atoms with Gasteiger partial charge in [-0.15, -0.1) is 0 Å². The van der Waals surface area contributed by atoms with Crippen molar-refractivity contribution >= 4 is 22.3 Å². The largest absolute Gasteiger partial charge is 0.295 e. The SMILES string of the molecule is Cc1ccc(/C=C/c2ccc(C)cc2S(=O)(=O)O)c(C)c1. The Morgan fingerprint density at radius 2 is 1.38 bits per heavy atom. The van der Waals surface area contributed by atoms with Gasteiger partial charge in [0.05, 0.1) is 0 Å². The minimum Gasteiger partial charge on any atom is -0.282 e. The van der Waals surface area contributed by atoms with Crippen LogP contribution in [-0.2, 0) is 10.1 Å². The smallest absolute Gasteiger partial charge is 0.282 e. The molecule has 0 fully saturated rings. The van der Waals surface area contributed by atoms with Crippen molar-refractivity contribution in [2.45, 2.75) is 25.7 Å². The van der Waals surface area contributed by atoms with Gasteiger partial charge in [0, 0.05) is 0 Å². The first-order chi connectivity index (χ1) is 9.77. The van der Waals surface area contributed by atoms with Crippen molar-refractivity contribution in [1.82, 2.24) is 0 Å². The molecule has 0 bridgehead atoms. The number of aryl methyl sites for hydroxylation is 3. The van der Waals surface area contributed by atoms with Gasteiger partial charge < -0.3 is 0 Å². The molecule has 2 aromatic carbocycles. The molecule has 0 aromatic heterocycles. The molecule has 21 heavy (non-hydrogen) atoms. The molecule has 0 heterocycles. The van der Waals surface area contributed by atoms with E-state index in [-0.39, 0.29) is 4.90 Å². The molecule has 0 aliphatic rings. The molecule has 0 atom stereocenters. The van der Waals surface area contributed by atoms with Crippen LogP contribution in [0.5, 0.6) is 0 Å². The van der Waals surface area contributed by atoms with Crippen LogP contribution in [0.15, 0.2) is 41.3 Å². The van der Waals surface area contributed by atoms with Gasteiger partial charge in [-0.3, -0.25) is 4.55 Å². The third-order valence-corrected chi connectivity index (χ3v) is 4.22. The summed E-state index contributed by atoms with van der Waals surface area (Å²) in [6.07, 6.45) is 3.56. The number of rotatable bonds is 3. The summed E-state index contributed by atoms with van der Waals surface area (Å²) in [4.78, 5) is -0.0662. The van der Waals surface area contributed by atoms with Gasteiger partial charge in [-0.1, -0.05) is 48.0 Å². The Balaban J connectivity index is 2.46. The van der Waals surface area contributed by atoms with E-state index in [0.717, 1.165) is 16.7 Å². The first-order valence-corrected chi connectivity index (χ1v) is 8.05. The highest BCUT2D eigenvalue weighted by Gasteiger charge is 2.13. The topological polar surface area (TPSA) is 54.4 Å². The molecule has 4 heteroatoms. The Labute approximate surface area is 125 Å². The van der Waals surface area contributed by atoms with E-state index in [1.807, 2.05) is 38.1 Å². The van der Waals surface area contributed by atoms with Crippen molar-refractivity contribution in [3.05, 3.63) is 64.2 Å². The molecule has 2 aromatic rings. The highest BCUT2D eigenvalue weighted by Crippen LogP contribution is 2.21. The molecule has 3 nitrogen and oxygen atoms in total. The summed E-state index contributed by atoms with van der Waals surface area (Å²) >= 11 is 0. The van der Waals surface area contributed by atoms with Crippen molar-refractivity contribution in [2.24, 2.45) is 0 Å². The van der Waals surface area contributed by atoms with Gasteiger partial charge in [-0.05, 0) is 49.1 Å². The summed E-state index contributed by atoms with van der Waals surface area (Å²) in [5.74, 6) is 0. The van der Waals surface area contributed by atoms with E-state index in [2.05, 4.69) is 6.07 Å². The van der Waals surface area contributed by atoms with E-state index in [1.165, 1.54) is 11.6 Å². The predicted molar refractivity (Wildman–Crippen MR) is 85.8 cm³/mol. The lowest BCUT2D eigenvalue weighted by Crippen LogP contribution is -2.01. The summed E-state index contributed by atoms with van der Waals surface area (Å²) in [7, 11) is -4.23. The zero-order chi connectivity index (χ0) is 15.6. The summed E-state index contributed by atoms with van der Waals surface area (Å²) in [6.45, 7) is 5.81. The Kier molecular flexibility index (Phi) is 4.30. The van der Waals surface area contributed by atoms with Gasteiger partial charge in [0.2, 0.25) is 0 Å². The van der Waals surface area contributed by atoms with E-state index in [4.69, 9.17) is 0 Å². The van der Waals surface area contributed by atoms with Crippen molar-refractivity contribution in [2.75, 3.05) is 0 Å². The fraction of sp³-hybridized carbons (Fsp3) is 0.176. The molecule has 0 amide bonds. The highest BCUT2D eigenvalue weighted by atomic mass is 32.2. The highest BCUT2D eigenvalue weighted by molar-refractivity contribution is 7.85. The van der Waals surface area contributed by atoms with Crippen LogP contribution in [0, 0.1) is 20.8 Å². The maximum atomic E-state index is 11.5. The van der Waals surface area contributed by atoms with Gasteiger partial charge >= 0.3 is 0 Å². The van der Waals surface area contributed by atoms with Crippen LogP contribution < -0.4 is 0 Å². The van der Waals surface area contributed by atoms with Crippen LogP contribution in [0.1, 0.15) is 27.8 Å². The first kappa shape index (κ1) is 15.5. The zero-order valence-corrected chi connectivity index (χ0v) is 13.1. The van der Waals surface area contributed by atoms with Crippen LogP contribution in [0.4, 0.5) is 0 Å². The molecule has 0 aliphatic heterocycles. The number of hydrogen-bond acceptors (Lipinski definition) is 2. The minimum absolute atomic E-state index is 0.0662. The predicted octanol–water partition coefficient (Wildman–Crippen LogP) is 4.03. The molecule has 0 unspecified atom stereocenters. The Morgan fingerprint density at radius 3 is 1.95 bits per heavy atom. The normalized spacial score (nSPS) is 12.0. The fourth-order valence-corrected chi connectivity index (χ4v) is 2.96. The lowest BCUT2D eigenvalue weighted by atomic mass is 10.0. The quantitative estimate of drug-likeness (QED) is 0.688. The average molecular weight is 302 g/mol. The summed E-state index contributed by atoms with van der Waals surface area (Å²) < 4.78 is 32.2. The molecule has 2 rings (SSSR count). The second-order valence-electron chi connectivity index (χ2n) is 5.21. The fourth-order valence-electron chi connectivity index (χ4n) is 2.19. The van der Waals surface area contributed by atoms with Crippen LogP contribution in [-0.4, -0.2) is 13.0 Å². The lowest BCUT2D eigenvalue weighted by Gasteiger charge is -2.05. The van der Waals surface area contributed by atoms with Crippen LogP contribution in [0.3, 0.4) is 0 Å². The number of benzene rings is 2. The van der Waals surface area contributed by atoms with E-state index >= 15 is 0 Å². The molecule has 0 radical (unpaired) electrons. The van der Waals surface area contributed by atoms with Gasteiger partial charge in [0.25, 0.3) is 10.1 Å². The summed E-state index contributed by atoms with van der Waals surface area (Å²) in [6, 6.07) is 11.0. The Morgan fingerprint density at radius 1 is 0.857 bits per heavy atom.